The number of carbonyl (C=O) groups excluding carboxylic acids is 1. The molecule has 0 radical (unpaired) electrons. The summed E-state index contributed by atoms with van der Waals surface area (Å²) in [5, 5.41) is 13.6. The van der Waals surface area contributed by atoms with Crippen LogP contribution in [0.15, 0.2) is 24.3 Å². The minimum atomic E-state index is -1.22. The first-order valence-corrected chi connectivity index (χ1v) is 5.74. The predicted molar refractivity (Wildman–Crippen MR) is 68.3 cm³/mol. The molecule has 0 aliphatic heterocycles. The van der Waals surface area contributed by atoms with Crippen molar-refractivity contribution >= 4 is 23.0 Å². The second kappa shape index (κ2) is 4.38. The van der Waals surface area contributed by atoms with Crippen LogP contribution in [0.3, 0.4) is 0 Å². The van der Waals surface area contributed by atoms with E-state index in [1.165, 1.54) is 0 Å². The number of ether oxygens (including phenoxy) is 1. The Kier molecular flexibility index (Phi) is 3.01. The van der Waals surface area contributed by atoms with Crippen molar-refractivity contribution in [3.63, 3.8) is 0 Å². The normalized spacial score (nSPS) is 11.5. The third-order valence-electron chi connectivity index (χ3n) is 2.35. The number of carboxylic acids is 1. The number of nitrogens with zero attached hydrogens (tertiary/aromatic N) is 2. The van der Waals surface area contributed by atoms with Gasteiger partial charge in [0.15, 0.2) is 5.69 Å². The lowest BCUT2D eigenvalue weighted by molar-refractivity contribution is 0.0484. The molecule has 0 amide bonds. The molecule has 2 rings (SSSR count). The molecule has 2 aromatic rings. The highest BCUT2D eigenvalue weighted by Gasteiger charge is 2.25. The largest absolute Gasteiger partial charge is 0.476 e. The minimum absolute atomic E-state index is 0.190. The average Bonchev–Trinajstić information content (AvgIpc) is 2.65. The second-order valence-electron chi connectivity index (χ2n) is 5.06. The average molecular weight is 262 g/mol. The molecule has 1 heterocycles. The van der Waals surface area contributed by atoms with E-state index in [0.29, 0.717) is 10.9 Å². The van der Waals surface area contributed by atoms with Gasteiger partial charge in [0.2, 0.25) is 0 Å². The molecule has 0 saturated heterocycles. The van der Waals surface area contributed by atoms with Gasteiger partial charge in [-0.15, -0.1) is 0 Å². The van der Waals surface area contributed by atoms with E-state index in [2.05, 4.69) is 5.10 Å². The molecule has 1 aromatic carbocycles. The minimum Gasteiger partial charge on any atom is -0.476 e. The molecule has 6 heteroatoms. The smallest absolute Gasteiger partial charge is 0.436 e. The number of aromatic nitrogens is 2. The van der Waals surface area contributed by atoms with Crippen LogP contribution >= 0.6 is 0 Å². The zero-order chi connectivity index (χ0) is 14.2. The standard InChI is InChI=1S/C13H14N2O4/c1-13(2,3)19-12(18)15-10(11(16)17)8-6-4-5-7-9(8)14-15/h4-7H,1-3H3,(H,16,17). The first-order valence-electron chi connectivity index (χ1n) is 5.74. The quantitative estimate of drug-likeness (QED) is 0.853. The molecule has 19 heavy (non-hydrogen) atoms. The van der Waals surface area contributed by atoms with E-state index in [1.54, 1.807) is 45.0 Å². The molecule has 0 saturated carbocycles. The molecule has 1 N–H and O–H groups in total. The van der Waals surface area contributed by atoms with Crippen LogP contribution in [0.5, 0.6) is 0 Å². The van der Waals surface area contributed by atoms with Crippen LogP contribution < -0.4 is 0 Å². The first-order chi connectivity index (χ1) is 8.79. The Morgan fingerprint density at radius 3 is 2.47 bits per heavy atom. The summed E-state index contributed by atoms with van der Waals surface area (Å²) >= 11 is 0. The van der Waals surface area contributed by atoms with Crippen LogP contribution in [0.2, 0.25) is 0 Å². The molecule has 0 aliphatic carbocycles. The van der Waals surface area contributed by atoms with Gasteiger partial charge in [0.1, 0.15) is 5.60 Å². The van der Waals surface area contributed by atoms with E-state index >= 15 is 0 Å². The van der Waals surface area contributed by atoms with Crippen molar-refractivity contribution in [1.82, 2.24) is 9.78 Å². The number of fused-ring (bicyclic) bond motifs is 1. The van der Waals surface area contributed by atoms with E-state index in [4.69, 9.17) is 4.74 Å². The van der Waals surface area contributed by atoms with E-state index in [-0.39, 0.29) is 5.69 Å². The Bertz CT molecular complexity index is 652. The van der Waals surface area contributed by atoms with Crippen LogP contribution in [0, 0.1) is 0 Å². The van der Waals surface area contributed by atoms with E-state index in [0.717, 1.165) is 4.68 Å². The van der Waals surface area contributed by atoms with Gasteiger partial charge in [-0.1, -0.05) is 18.2 Å². The van der Waals surface area contributed by atoms with Crippen molar-refractivity contribution < 1.29 is 19.4 Å². The van der Waals surface area contributed by atoms with Crippen LogP contribution in [-0.4, -0.2) is 32.6 Å². The lowest BCUT2D eigenvalue weighted by atomic mass is 10.2. The number of hydrogen-bond donors (Lipinski definition) is 1. The number of aromatic carboxylic acids is 1. The van der Waals surface area contributed by atoms with Crippen molar-refractivity contribution in [2.75, 3.05) is 0 Å². The maximum absolute atomic E-state index is 12.0. The van der Waals surface area contributed by atoms with Crippen molar-refractivity contribution in [3.05, 3.63) is 30.0 Å². The fourth-order valence-electron chi connectivity index (χ4n) is 1.68. The Hall–Kier alpha value is -2.37. The van der Waals surface area contributed by atoms with Gasteiger partial charge >= 0.3 is 12.1 Å². The summed E-state index contributed by atoms with van der Waals surface area (Å²) in [5.41, 5.74) is -0.471. The van der Waals surface area contributed by atoms with Crippen molar-refractivity contribution in [3.8, 4) is 0 Å². The molecule has 0 spiro atoms. The highest BCUT2D eigenvalue weighted by atomic mass is 16.6. The zero-order valence-electron chi connectivity index (χ0n) is 10.9. The number of rotatable bonds is 1. The van der Waals surface area contributed by atoms with Gasteiger partial charge in [0.05, 0.1) is 5.52 Å². The van der Waals surface area contributed by atoms with Gasteiger partial charge in [0.25, 0.3) is 0 Å². The SMILES string of the molecule is CC(C)(C)OC(=O)n1nc2ccccc2c1C(=O)O. The van der Waals surface area contributed by atoms with E-state index in [9.17, 15) is 14.7 Å². The van der Waals surface area contributed by atoms with Gasteiger partial charge in [0, 0.05) is 5.39 Å². The van der Waals surface area contributed by atoms with Crippen molar-refractivity contribution in [2.45, 2.75) is 26.4 Å². The molecular weight excluding hydrogens is 248 g/mol. The maximum atomic E-state index is 12.0. The van der Waals surface area contributed by atoms with Gasteiger partial charge in [-0.05, 0) is 26.8 Å². The van der Waals surface area contributed by atoms with Crippen molar-refractivity contribution in [1.29, 1.82) is 0 Å². The molecule has 0 aliphatic rings. The first kappa shape index (κ1) is 13.1. The van der Waals surface area contributed by atoms with E-state index in [1.807, 2.05) is 0 Å². The summed E-state index contributed by atoms with van der Waals surface area (Å²) < 4.78 is 5.93. The molecule has 0 unspecified atom stereocenters. The van der Waals surface area contributed by atoms with Gasteiger partial charge in [-0.3, -0.25) is 0 Å². The monoisotopic (exact) mass is 262 g/mol. The van der Waals surface area contributed by atoms with E-state index < -0.39 is 17.7 Å². The highest BCUT2D eigenvalue weighted by Crippen LogP contribution is 2.19. The highest BCUT2D eigenvalue weighted by molar-refractivity contribution is 6.03. The summed E-state index contributed by atoms with van der Waals surface area (Å²) in [6.07, 6.45) is -0.805. The molecule has 0 bridgehead atoms. The number of carbonyl (C=O) groups is 2. The summed E-state index contributed by atoms with van der Waals surface area (Å²) in [6.45, 7) is 5.11. The van der Waals surface area contributed by atoms with Gasteiger partial charge < -0.3 is 9.84 Å². The topological polar surface area (TPSA) is 81.4 Å². The van der Waals surface area contributed by atoms with Crippen LogP contribution in [0.4, 0.5) is 4.79 Å². The molecule has 0 atom stereocenters. The molecule has 0 fully saturated rings. The zero-order valence-corrected chi connectivity index (χ0v) is 10.9. The Morgan fingerprint density at radius 2 is 1.89 bits per heavy atom. The number of carboxylic acid groups (broad SMARTS) is 1. The predicted octanol–water partition coefficient (Wildman–Crippen LogP) is 2.52. The molecule has 100 valence electrons. The van der Waals surface area contributed by atoms with Crippen LogP contribution in [0.25, 0.3) is 10.9 Å². The Labute approximate surface area is 109 Å². The summed E-state index contributed by atoms with van der Waals surface area (Å²) in [4.78, 5) is 23.3. The third kappa shape index (κ3) is 2.57. The molecular formula is C13H14N2O4. The van der Waals surface area contributed by atoms with Gasteiger partial charge in [-0.25, -0.2) is 9.59 Å². The summed E-state index contributed by atoms with van der Waals surface area (Å²) in [7, 11) is 0. The molecule has 6 nitrogen and oxygen atoms in total. The Morgan fingerprint density at radius 1 is 1.26 bits per heavy atom. The fraction of sp³-hybridized carbons (Fsp3) is 0.308. The third-order valence-corrected chi connectivity index (χ3v) is 2.35. The number of hydrogen-bond acceptors (Lipinski definition) is 4. The van der Waals surface area contributed by atoms with Crippen LogP contribution in [0.1, 0.15) is 31.3 Å². The summed E-state index contributed by atoms with van der Waals surface area (Å²) in [6, 6.07) is 6.66. The summed E-state index contributed by atoms with van der Waals surface area (Å²) in [5.74, 6) is -1.22. The van der Waals surface area contributed by atoms with Crippen molar-refractivity contribution in [2.24, 2.45) is 0 Å². The maximum Gasteiger partial charge on any atom is 0.436 e. The van der Waals surface area contributed by atoms with Crippen LogP contribution in [-0.2, 0) is 4.74 Å². The molecule has 1 aromatic heterocycles. The van der Waals surface area contributed by atoms with Gasteiger partial charge in [-0.2, -0.15) is 9.78 Å². The lowest BCUT2D eigenvalue weighted by Crippen LogP contribution is -2.29. The fourth-order valence-corrected chi connectivity index (χ4v) is 1.68. The lowest BCUT2D eigenvalue weighted by Gasteiger charge is -2.19. The second-order valence-corrected chi connectivity index (χ2v) is 5.06. The number of benzene rings is 1. The Balaban J connectivity index is 2.57.